The van der Waals surface area contributed by atoms with Crippen LogP contribution in [0.3, 0.4) is 0 Å². The number of pyridine rings is 1. The Morgan fingerprint density at radius 2 is 2.06 bits per heavy atom. The second-order valence-corrected chi connectivity index (χ2v) is 4.65. The fraction of sp³-hybridized carbons (Fsp3) is 0.0769. The first kappa shape index (κ1) is 12.6. The molecule has 0 bridgehead atoms. The number of rotatable bonds is 2. The molecule has 0 fully saturated rings. The molecule has 0 aliphatic rings. The lowest BCUT2D eigenvalue weighted by Crippen LogP contribution is -2.27. The summed E-state index contributed by atoms with van der Waals surface area (Å²) in [5, 5.41) is 0. The molecule has 0 saturated carbocycles. The fourth-order valence-electron chi connectivity index (χ4n) is 1.54. The fourth-order valence-corrected chi connectivity index (χ4v) is 1.99. The van der Waals surface area contributed by atoms with Crippen molar-refractivity contribution in [3.05, 3.63) is 52.6 Å². The molecular weight excluding hydrogens is 294 g/mol. The largest absolute Gasteiger partial charge is 0.399 e. The summed E-state index contributed by atoms with van der Waals surface area (Å²) in [5.41, 5.74) is 6.84. The minimum Gasteiger partial charge on any atom is -0.399 e. The van der Waals surface area contributed by atoms with Crippen molar-refractivity contribution in [1.29, 1.82) is 0 Å². The van der Waals surface area contributed by atoms with Gasteiger partial charge in [0.2, 0.25) is 0 Å². The highest BCUT2D eigenvalue weighted by atomic mass is 79.9. The van der Waals surface area contributed by atoms with E-state index < -0.39 is 0 Å². The van der Waals surface area contributed by atoms with Crippen molar-refractivity contribution in [2.75, 3.05) is 17.7 Å². The van der Waals surface area contributed by atoms with Gasteiger partial charge in [0, 0.05) is 29.5 Å². The van der Waals surface area contributed by atoms with Gasteiger partial charge in [-0.3, -0.25) is 9.69 Å². The van der Waals surface area contributed by atoms with E-state index in [1.54, 1.807) is 31.4 Å². The summed E-state index contributed by atoms with van der Waals surface area (Å²) in [5.74, 6) is 0.385. The summed E-state index contributed by atoms with van der Waals surface area (Å²) < 4.78 is 0.755. The smallest absolute Gasteiger partial charge is 0.260 e. The van der Waals surface area contributed by atoms with E-state index in [1.165, 1.54) is 4.90 Å². The van der Waals surface area contributed by atoms with Crippen molar-refractivity contribution in [2.24, 2.45) is 0 Å². The maximum atomic E-state index is 12.3. The average Bonchev–Trinajstić information content (AvgIpc) is 2.37. The summed E-state index contributed by atoms with van der Waals surface area (Å²) in [6.07, 6.45) is 1.58. The van der Waals surface area contributed by atoms with Gasteiger partial charge in [-0.15, -0.1) is 0 Å². The van der Waals surface area contributed by atoms with E-state index in [-0.39, 0.29) is 5.91 Å². The topological polar surface area (TPSA) is 59.2 Å². The van der Waals surface area contributed by atoms with E-state index >= 15 is 0 Å². The van der Waals surface area contributed by atoms with Crippen LogP contribution in [0.15, 0.2) is 47.1 Å². The summed E-state index contributed by atoms with van der Waals surface area (Å²) in [7, 11) is 1.67. The van der Waals surface area contributed by atoms with Crippen molar-refractivity contribution in [3.63, 3.8) is 0 Å². The number of nitrogens with zero attached hydrogens (tertiary/aromatic N) is 2. The molecule has 2 rings (SSSR count). The Morgan fingerprint density at radius 1 is 1.33 bits per heavy atom. The highest BCUT2D eigenvalue weighted by Gasteiger charge is 2.16. The minimum atomic E-state index is -0.138. The van der Waals surface area contributed by atoms with Gasteiger partial charge in [0.25, 0.3) is 5.91 Å². The van der Waals surface area contributed by atoms with Gasteiger partial charge < -0.3 is 5.73 Å². The van der Waals surface area contributed by atoms with Gasteiger partial charge in [-0.2, -0.15) is 0 Å². The van der Waals surface area contributed by atoms with Gasteiger partial charge in [0.1, 0.15) is 5.82 Å². The molecule has 5 heteroatoms. The van der Waals surface area contributed by atoms with Crippen LogP contribution in [0.4, 0.5) is 11.5 Å². The molecule has 0 atom stereocenters. The molecule has 2 aromatic rings. The molecule has 1 heterocycles. The van der Waals surface area contributed by atoms with Crippen LogP contribution < -0.4 is 10.6 Å². The number of aromatic nitrogens is 1. The van der Waals surface area contributed by atoms with Crippen LogP contribution in [0.5, 0.6) is 0 Å². The molecule has 18 heavy (non-hydrogen) atoms. The first-order valence-corrected chi connectivity index (χ1v) is 6.13. The number of hydrogen-bond donors (Lipinski definition) is 1. The maximum absolute atomic E-state index is 12.3. The van der Waals surface area contributed by atoms with Gasteiger partial charge in [-0.25, -0.2) is 4.98 Å². The number of benzene rings is 1. The zero-order valence-electron chi connectivity index (χ0n) is 9.80. The molecule has 0 unspecified atom stereocenters. The van der Waals surface area contributed by atoms with E-state index in [0.29, 0.717) is 17.1 Å². The Hall–Kier alpha value is -1.88. The Labute approximate surface area is 114 Å². The molecule has 0 spiro atoms. The molecule has 92 valence electrons. The van der Waals surface area contributed by atoms with Crippen molar-refractivity contribution >= 4 is 33.3 Å². The number of anilines is 2. The van der Waals surface area contributed by atoms with Crippen LogP contribution in [0.1, 0.15) is 10.4 Å². The van der Waals surface area contributed by atoms with Gasteiger partial charge in [-0.05, 0) is 34.1 Å². The number of carbonyl (C=O) groups excluding carboxylic acids is 1. The SMILES string of the molecule is CN(C(=O)c1ccccc1Br)c1cc(N)ccn1. The van der Waals surface area contributed by atoms with E-state index in [4.69, 9.17) is 5.73 Å². The third-order valence-electron chi connectivity index (χ3n) is 2.52. The Kier molecular flexibility index (Phi) is 3.62. The molecule has 4 nitrogen and oxygen atoms in total. The predicted octanol–water partition coefficient (Wildman–Crippen LogP) is 2.70. The van der Waals surface area contributed by atoms with Crippen LogP contribution in [0.2, 0.25) is 0 Å². The third kappa shape index (κ3) is 2.51. The number of hydrogen-bond acceptors (Lipinski definition) is 3. The van der Waals surface area contributed by atoms with Gasteiger partial charge in [0.15, 0.2) is 0 Å². The zero-order valence-corrected chi connectivity index (χ0v) is 11.4. The number of amides is 1. The van der Waals surface area contributed by atoms with E-state index in [1.807, 2.05) is 18.2 Å². The van der Waals surface area contributed by atoms with Crippen molar-refractivity contribution in [2.45, 2.75) is 0 Å². The number of nitrogens with two attached hydrogens (primary N) is 1. The highest BCUT2D eigenvalue weighted by molar-refractivity contribution is 9.10. The van der Waals surface area contributed by atoms with E-state index in [2.05, 4.69) is 20.9 Å². The van der Waals surface area contributed by atoms with E-state index in [9.17, 15) is 4.79 Å². The quantitative estimate of drug-likeness (QED) is 0.928. The monoisotopic (exact) mass is 305 g/mol. The molecule has 0 aliphatic carbocycles. The van der Waals surface area contributed by atoms with Crippen molar-refractivity contribution < 1.29 is 4.79 Å². The highest BCUT2D eigenvalue weighted by Crippen LogP contribution is 2.20. The molecule has 0 aliphatic heterocycles. The summed E-state index contributed by atoms with van der Waals surface area (Å²) in [6.45, 7) is 0. The second-order valence-electron chi connectivity index (χ2n) is 3.79. The number of carbonyl (C=O) groups is 1. The number of halogens is 1. The summed E-state index contributed by atoms with van der Waals surface area (Å²) in [4.78, 5) is 17.9. The van der Waals surface area contributed by atoms with Crippen LogP contribution in [0, 0.1) is 0 Å². The molecule has 0 radical (unpaired) electrons. The van der Waals surface area contributed by atoms with Crippen LogP contribution in [-0.4, -0.2) is 17.9 Å². The Morgan fingerprint density at radius 3 is 2.72 bits per heavy atom. The molecule has 1 aromatic heterocycles. The molecule has 0 saturated heterocycles. The van der Waals surface area contributed by atoms with Gasteiger partial charge in [-0.1, -0.05) is 12.1 Å². The zero-order chi connectivity index (χ0) is 13.1. The van der Waals surface area contributed by atoms with Crippen LogP contribution in [0.25, 0.3) is 0 Å². The minimum absolute atomic E-state index is 0.138. The average molecular weight is 306 g/mol. The van der Waals surface area contributed by atoms with Gasteiger partial charge >= 0.3 is 0 Å². The van der Waals surface area contributed by atoms with Crippen molar-refractivity contribution in [1.82, 2.24) is 4.98 Å². The standard InChI is InChI=1S/C13H12BrN3O/c1-17(12-8-9(15)6-7-16-12)13(18)10-4-2-3-5-11(10)14/h2-8H,1H3,(H2,15,16). The van der Waals surface area contributed by atoms with Crippen LogP contribution >= 0.6 is 15.9 Å². The first-order chi connectivity index (χ1) is 8.59. The second kappa shape index (κ2) is 5.18. The van der Waals surface area contributed by atoms with Crippen molar-refractivity contribution in [3.8, 4) is 0 Å². The maximum Gasteiger partial charge on any atom is 0.260 e. The third-order valence-corrected chi connectivity index (χ3v) is 3.21. The molecule has 1 aromatic carbocycles. The number of nitrogen functional groups attached to an aromatic ring is 1. The van der Waals surface area contributed by atoms with Gasteiger partial charge in [0.05, 0.1) is 5.56 Å². The molecular formula is C13H12BrN3O. The van der Waals surface area contributed by atoms with Crippen LogP contribution in [-0.2, 0) is 0 Å². The van der Waals surface area contributed by atoms with E-state index in [0.717, 1.165) is 4.47 Å². The lowest BCUT2D eigenvalue weighted by Gasteiger charge is -2.17. The normalized spacial score (nSPS) is 10.1. The lowest BCUT2D eigenvalue weighted by molar-refractivity contribution is 0.0991. The lowest BCUT2D eigenvalue weighted by atomic mass is 10.2. The molecule has 2 N–H and O–H groups in total. The predicted molar refractivity (Wildman–Crippen MR) is 75.5 cm³/mol. The Balaban J connectivity index is 2.32. The molecule has 1 amide bonds. The Bertz CT molecular complexity index is 586. The first-order valence-electron chi connectivity index (χ1n) is 5.33. The summed E-state index contributed by atoms with van der Waals surface area (Å²) >= 11 is 3.36. The summed E-state index contributed by atoms with van der Waals surface area (Å²) in [6, 6.07) is 10.6.